The molecule has 1 aromatic rings. The van der Waals surface area contributed by atoms with Crippen molar-refractivity contribution in [1.82, 2.24) is 5.32 Å². The summed E-state index contributed by atoms with van der Waals surface area (Å²) in [7, 11) is 0. The Kier molecular flexibility index (Phi) is 8.71. The monoisotopic (exact) mass is 391 g/mol. The van der Waals surface area contributed by atoms with Crippen molar-refractivity contribution in [1.29, 1.82) is 0 Å². The van der Waals surface area contributed by atoms with E-state index in [1.165, 1.54) is 0 Å². The van der Waals surface area contributed by atoms with Gasteiger partial charge in [0.15, 0.2) is 0 Å². The highest BCUT2D eigenvalue weighted by atomic mass is 17.2. The van der Waals surface area contributed by atoms with E-state index < -0.39 is 17.3 Å². The molecule has 0 radical (unpaired) electrons. The van der Waals surface area contributed by atoms with Crippen molar-refractivity contribution in [3.05, 3.63) is 42.0 Å². The van der Waals surface area contributed by atoms with Crippen LogP contribution in [0.2, 0.25) is 0 Å². The minimum Gasteiger partial charge on any atom is -0.446 e. The first kappa shape index (κ1) is 24.2. The number of hydrogen-bond donors (Lipinski definition) is 1. The van der Waals surface area contributed by atoms with Gasteiger partial charge in [0.2, 0.25) is 0 Å². The van der Waals surface area contributed by atoms with Gasteiger partial charge in [-0.15, -0.1) is 0 Å². The normalized spacial score (nSPS) is 14.3. The van der Waals surface area contributed by atoms with Crippen molar-refractivity contribution in [3.8, 4) is 0 Å². The zero-order valence-electron chi connectivity index (χ0n) is 18.7. The maximum atomic E-state index is 12.4. The first-order valence-corrected chi connectivity index (χ1v) is 9.93. The molecule has 0 saturated heterocycles. The number of carbonyl (C=O) groups excluding carboxylic acids is 1. The maximum Gasteiger partial charge on any atom is 0.407 e. The fourth-order valence-corrected chi connectivity index (χ4v) is 2.81. The van der Waals surface area contributed by atoms with Gasteiger partial charge in [-0.3, -0.25) is 0 Å². The van der Waals surface area contributed by atoms with E-state index in [9.17, 15) is 4.79 Å². The summed E-state index contributed by atoms with van der Waals surface area (Å²) in [6, 6.07) is 7.94. The average Bonchev–Trinajstić information content (AvgIpc) is 2.57. The van der Waals surface area contributed by atoms with Gasteiger partial charge in [-0.2, -0.15) is 0 Å². The van der Waals surface area contributed by atoms with E-state index in [0.29, 0.717) is 6.42 Å². The van der Waals surface area contributed by atoms with Crippen LogP contribution >= 0.6 is 0 Å². The number of hydrogen-bond acceptors (Lipinski definition) is 4. The Morgan fingerprint density at radius 1 is 1.18 bits per heavy atom. The van der Waals surface area contributed by atoms with Crippen LogP contribution in [0.4, 0.5) is 4.79 Å². The van der Waals surface area contributed by atoms with Gasteiger partial charge in [-0.25, -0.2) is 14.6 Å². The minimum absolute atomic E-state index is 0.118. The summed E-state index contributed by atoms with van der Waals surface area (Å²) < 4.78 is 5.55. The van der Waals surface area contributed by atoms with Crippen LogP contribution in [0.25, 0.3) is 5.57 Å². The molecule has 5 heteroatoms. The smallest absolute Gasteiger partial charge is 0.407 e. The van der Waals surface area contributed by atoms with E-state index in [1.807, 2.05) is 73.6 Å². The summed E-state index contributed by atoms with van der Waals surface area (Å²) in [4.78, 5) is 23.3. The number of alkyl carbamates (subject to hydrolysis) is 1. The second-order valence-corrected chi connectivity index (χ2v) is 8.97. The number of amides is 1. The second kappa shape index (κ2) is 10.1. The molecule has 1 amide bonds. The third-order valence-electron chi connectivity index (χ3n) is 4.09. The van der Waals surface area contributed by atoms with E-state index in [4.69, 9.17) is 14.5 Å². The Morgan fingerprint density at radius 2 is 1.82 bits per heavy atom. The molecular formula is C23H37NO4. The number of ether oxygens (including phenoxy) is 1. The van der Waals surface area contributed by atoms with Crippen molar-refractivity contribution in [2.75, 3.05) is 0 Å². The second-order valence-electron chi connectivity index (χ2n) is 8.97. The molecule has 2 unspecified atom stereocenters. The van der Waals surface area contributed by atoms with Crippen LogP contribution in [0, 0.1) is 0 Å². The molecule has 0 bridgehead atoms. The van der Waals surface area contributed by atoms with Gasteiger partial charge in [0.1, 0.15) is 11.7 Å². The Bertz CT molecular complexity index is 661. The quantitative estimate of drug-likeness (QED) is 0.402. The Hall–Kier alpha value is -1.85. The van der Waals surface area contributed by atoms with Crippen LogP contribution in [0.15, 0.2) is 30.8 Å². The Balaban J connectivity index is 2.63. The van der Waals surface area contributed by atoms with Crippen LogP contribution in [0.1, 0.15) is 85.4 Å². The SMILES string of the molecule is C=C(C)c1cccc(C(CC)NC(=O)OC(C)CC(C)(C)OOC(C)(C)C)c1. The Morgan fingerprint density at radius 3 is 2.36 bits per heavy atom. The molecule has 0 heterocycles. The lowest BCUT2D eigenvalue weighted by molar-refractivity contribution is -0.399. The molecule has 0 aliphatic carbocycles. The molecule has 0 saturated carbocycles. The molecule has 0 aromatic heterocycles. The van der Waals surface area contributed by atoms with E-state index in [-0.39, 0.29) is 12.1 Å². The van der Waals surface area contributed by atoms with E-state index in [2.05, 4.69) is 18.0 Å². The highest BCUT2D eigenvalue weighted by Crippen LogP contribution is 2.24. The topological polar surface area (TPSA) is 56.8 Å². The molecule has 1 aromatic carbocycles. The lowest BCUT2D eigenvalue weighted by Crippen LogP contribution is -2.37. The van der Waals surface area contributed by atoms with Crippen LogP contribution in [-0.2, 0) is 14.5 Å². The average molecular weight is 392 g/mol. The van der Waals surface area contributed by atoms with Gasteiger partial charge in [0.05, 0.1) is 11.6 Å². The van der Waals surface area contributed by atoms with Gasteiger partial charge < -0.3 is 10.1 Å². The van der Waals surface area contributed by atoms with E-state index in [0.717, 1.165) is 23.1 Å². The van der Waals surface area contributed by atoms with Crippen LogP contribution in [0.3, 0.4) is 0 Å². The van der Waals surface area contributed by atoms with Gasteiger partial charge >= 0.3 is 6.09 Å². The zero-order valence-corrected chi connectivity index (χ0v) is 18.7. The van der Waals surface area contributed by atoms with Crippen molar-refractivity contribution in [3.63, 3.8) is 0 Å². The number of benzene rings is 1. The molecule has 5 nitrogen and oxygen atoms in total. The molecule has 2 atom stereocenters. The molecule has 0 aliphatic rings. The standard InChI is InChI=1S/C23H37NO4/c1-10-20(19-13-11-12-18(14-19)16(2)3)24-21(25)26-17(4)15-23(8,9)28-27-22(5,6)7/h11-14,17,20H,2,10,15H2,1,3-9H3,(H,24,25). The number of allylic oxidation sites excluding steroid dienone is 1. The molecule has 1 rings (SSSR count). The van der Waals surface area contributed by atoms with Gasteiger partial charge in [0.25, 0.3) is 0 Å². The third kappa shape index (κ3) is 8.89. The molecule has 1 N–H and O–H groups in total. The summed E-state index contributed by atoms with van der Waals surface area (Å²) in [6.45, 7) is 19.4. The molecule has 0 aliphatic heterocycles. The van der Waals surface area contributed by atoms with Gasteiger partial charge in [0, 0.05) is 6.42 Å². The highest BCUT2D eigenvalue weighted by molar-refractivity contribution is 5.68. The molecular weight excluding hydrogens is 354 g/mol. The summed E-state index contributed by atoms with van der Waals surface area (Å²) in [5.41, 5.74) is 2.12. The van der Waals surface area contributed by atoms with Crippen molar-refractivity contribution in [2.24, 2.45) is 0 Å². The van der Waals surface area contributed by atoms with Crippen molar-refractivity contribution >= 4 is 11.7 Å². The summed E-state index contributed by atoms with van der Waals surface area (Å²) in [6.07, 6.45) is 0.515. The number of rotatable bonds is 9. The maximum absolute atomic E-state index is 12.4. The summed E-state index contributed by atoms with van der Waals surface area (Å²) in [5, 5.41) is 2.96. The molecule has 158 valence electrons. The first-order chi connectivity index (χ1) is 12.8. The van der Waals surface area contributed by atoms with Gasteiger partial charge in [-0.05, 0) is 72.1 Å². The lowest BCUT2D eigenvalue weighted by Gasteiger charge is -2.30. The number of nitrogens with one attached hydrogen (secondary N) is 1. The Labute approximate surface area is 170 Å². The zero-order chi connectivity index (χ0) is 21.5. The fourth-order valence-electron chi connectivity index (χ4n) is 2.81. The summed E-state index contributed by atoms with van der Waals surface area (Å²) in [5.74, 6) is 0. The fraction of sp³-hybridized carbons (Fsp3) is 0.609. The predicted molar refractivity (Wildman–Crippen MR) is 114 cm³/mol. The van der Waals surface area contributed by atoms with Crippen LogP contribution in [0.5, 0.6) is 0 Å². The van der Waals surface area contributed by atoms with Crippen molar-refractivity contribution in [2.45, 2.75) is 91.6 Å². The summed E-state index contributed by atoms with van der Waals surface area (Å²) >= 11 is 0. The molecule has 0 spiro atoms. The van der Waals surface area contributed by atoms with Gasteiger partial charge in [-0.1, -0.05) is 37.3 Å². The minimum atomic E-state index is -0.576. The van der Waals surface area contributed by atoms with Crippen molar-refractivity contribution < 1.29 is 19.3 Å². The number of carbonyl (C=O) groups is 1. The lowest BCUT2D eigenvalue weighted by atomic mass is 9.99. The third-order valence-corrected chi connectivity index (χ3v) is 4.09. The van der Waals surface area contributed by atoms with E-state index >= 15 is 0 Å². The van der Waals surface area contributed by atoms with E-state index in [1.54, 1.807) is 0 Å². The first-order valence-electron chi connectivity index (χ1n) is 9.93. The highest BCUT2D eigenvalue weighted by Gasteiger charge is 2.28. The predicted octanol–water partition coefficient (Wildman–Crippen LogP) is 6.20. The largest absolute Gasteiger partial charge is 0.446 e. The molecule has 0 fully saturated rings. The van der Waals surface area contributed by atoms with Crippen LogP contribution < -0.4 is 5.32 Å². The molecule has 28 heavy (non-hydrogen) atoms. The van der Waals surface area contributed by atoms with Crippen LogP contribution in [-0.4, -0.2) is 23.4 Å².